The summed E-state index contributed by atoms with van der Waals surface area (Å²) in [6, 6.07) is 8.38. The van der Waals surface area contributed by atoms with Crippen molar-refractivity contribution >= 4 is 5.96 Å². The summed E-state index contributed by atoms with van der Waals surface area (Å²) in [6.07, 6.45) is 3.83. The number of aliphatic imine (C=N–C) groups is 1. The highest BCUT2D eigenvalue weighted by Crippen LogP contribution is 2.31. The number of aliphatic hydroxyl groups is 1. The highest BCUT2D eigenvalue weighted by atomic mass is 16.5. The van der Waals surface area contributed by atoms with Crippen molar-refractivity contribution in [3.8, 4) is 5.75 Å². The number of guanidine groups is 1. The Morgan fingerprint density at radius 1 is 1.30 bits per heavy atom. The van der Waals surface area contributed by atoms with Crippen molar-refractivity contribution < 1.29 is 9.84 Å². The molecule has 1 aliphatic carbocycles. The first-order valence-electron chi connectivity index (χ1n) is 8.72. The average Bonchev–Trinajstić information content (AvgIpc) is 2.98. The van der Waals surface area contributed by atoms with Gasteiger partial charge in [-0.2, -0.15) is 0 Å². The molecule has 1 aromatic carbocycles. The number of nitrogens with one attached hydrogen (secondary N) is 2. The molecule has 1 aromatic rings. The molecule has 126 valence electrons. The minimum Gasteiger partial charge on any atom is -0.493 e. The van der Waals surface area contributed by atoms with Crippen molar-refractivity contribution in [1.82, 2.24) is 10.6 Å². The van der Waals surface area contributed by atoms with E-state index in [0.29, 0.717) is 12.5 Å². The zero-order chi connectivity index (χ0) is 16.1. The molecule has 1 saturated carbocycles. The molecule has 0 bridgehead atoms. The third kappa shape index (κ3) is 3.96. The van der Waals surface area contributed by atoms with E-state index in [1.165, 1.54) is 5.56 Å². The number of fused-ring (bicyclic) bond motifs is 1. The highest BCUT2D eigenvalue weighted by molar-refractivity contribution is 5.80. The molecule has 3 N–H and O–H groups in total. The Hall–Kier alpha value is -1.75. The molecule has 0 radical (unpaired) electrons. The number of nitrogens with zero attached hydrogens (tertiary/aromatic N) is 1. The fourth-order valence-electron chi connectivity index (χ4n) is 3.42. The van der Waals surface area contributed by atoms with Gasteiger partial charge >= 0.3 is 0 Å². The molecular weight excluding hydrogens is 290 g/mol. The van der Waals surface area contributed by atoms with Crippen molar-refractivity contribution in [3.05, 3.63) is 29.8 Å². The third-order valence-electron chi connectivity index (χ3n) is 4.72. The van der Waals surface area contributed by atoms with Gasteiger partial charge in [-0.15, -0.1) is 0 Å². The molecule has 0 spiro atoms. The molecule has 5 heteroatoms. The zero-order valence-corrected chi connectivity index (χ0v) is 13.8. The van der Waals surface area contributed by atoms with Gasteiger partial charge in [0.25, 0.3) is 0 Å². The van der Waals surface area contributed by atoms with Crippen LogP contribution in [0.3, 0.4) is 0 Å². The maximum atomic E-state index is 9.96. The number of aliphatic hydroxyl groups excluding tert-OH is 1. The Morgan fingerprint density at radius 2 is 2.17 bits per heavy atom. The monoisotopic (exact) mass is 317 g/mol. The first-order chi connectivity index (χ1) is 11.3. The summed E-state index contributed by atoms with van der Waals surface area (Å²) in [4.78, 5) is 4.71. The Balaban J connectivity index is 1.67. The molecular formula is C18H27N3O2. The maximum Gasteiger partial charge on any atom is 0.191 e. The summed E-state index contributed by atoms with van der Waals surface area (Å²) in [5, 5.41) is 16.8. The van der Waals surface area contributed by atoms with Crippen molar-refractivity contribution in [2.24, 2.45) is 10.9 Å². The summed E-state index contributed by atoms with van der Waals surface area (Å²) in [7, 11) is 0. The average molecular weight is 317 g/mol. The first-order valence-corrected chi connectivity index (χ1v) is 8.72. The lowest BCUT2D eigenvalue weighted by Crippen LogP contribution is -2.41. The van der Waals surface area contributed by atoms with Crippen LogP contribution in [0.1, 0.15) is 44.2 Å². The molecule has 3 atom stereocenters. The Labute approximate surface area is 138 Å². The van der Waals surface area contributed by atoms with Gasteiger partial charge in [-0.25, -0.2) is 0 Å². The van der Waals surface area contributed by atoms with E-state index in [-0.39, 0.29) is 12.1 Å². The van der Waals surface area contributed by atoms with Crippen LogP contribution in [-0.2, 0) is 0 Å². The molecule has 5 nitrogen and oxygen atoms in total. The largest absolute Gasteiger partial charge is 0.493 e. The quantitative estimate of drug-likeness (QED) is 0.588. The number of rotatable bonds is 4. The summed E-state index contributed by atoms with van der Waals surface area (Å²) >= 11 is 0. The van der Waals surface area contributed by atoms with Gasteiger partial charge in [-0.3, -0.25) is 4.99 Å². The van der Waals surface area contributed by atoms with E-state index in [2.05, 4.69) is 23.6 Å². The predicted molar refractivity (Wildman–Crippen MR) is 91.8 cm³/mol. The van der Waals surface area contributed by atoms with Crippen LogP contribution in [0.4, 0.5) is 0 Å². The highest BCUT2D eigenvalue weighted by Gasteiger charge is 2.25. The van der Waals surface area contributed by atoms with E-state index in [0.717, 1.165) is 50.5 Å². The molecule has 1 aliphatic heterocycles. The summed E-state index contributed by atoms with van der Waals surface area (Å²) in [5.74, 6) is 2.08. The van der Waals surface area contributed by atoms with Gasteiger partial charge in [-0.05, 0) is 25.8 Å². The van der Waals surface area contributed by atoms with E-state index in [1.807, 2.05) is 18.2 Å². The van der Waals surface area contributed by atoms with Crippen molar-refractivity contribution in [1.29, 1.82) is 0 Å². The minimum absolute atomic E-state index is 0.189. The van der Waals surface area contributed by atoms with Crippen LogP contribution in [0.15, 0.2) is 29.3 Å². The fourth-order valence-corrected chi connectivity index (χ4v) is 3.42. The second-order valence-electron chi connectivity index (χ2n) is 6.35. The van der Waals surface area contributed by atoms with Crippen molar-refractivity contribution in [2.45, 2.75) is 44.8 Å². The normalized spacial score (nSPS) is 27.2. The predicted octanol–water partition coefficient (Wildman–Crippen LogP) is 2.23. The lowest BCUT2D eigenvalue weighted by atomic mass is 10.0. The second-order valence-corrected chi connectivity index (χ2v) is 6.35. The smallest absolute Gasteiger partial charge is 0.191 e. The summed E-state index contributed by atoms with van der Waals surface area (Å²) < 4.78 is 5.72. The van der Waals surface area contributed by atoms with Gasteiger partial charge in [0.05, 0.1) is 18.8 Å². The topological polar surface area (TPSA) is 65.9 Å². The Kier molecular flexibility index (Phi) is 5.39. The fraction of sp³-hybridized carbons (Fsp3) is 0.611. The van der Waals surface area contributed by atoms with Crippen molar-refractivity contribution in [2.75, 3.05) is 19.7 Å². The van der Waals surface area contributed by atoms with Crippen LogP contribution in [-0.4, -0.2) is 36.9 Å². The molecule has 23 heavy (non-hydrogen) atoms. The first kappa shape index (κ1) is 16.1. The standard InChI is InChI=1S/C18H27N3O2/c1-2-19-18(20-12-13-6-5-8-16(13)22)21-15-10-11-23-17-9-4-3-7-14(15)17/h3-4,7,9,13,15-16,22H,2,5-6,8,10-12H2,1H3,(H2,19,20,21). The molecule has 3 unspecified atom stereocenters. The van der Waals surface area contributed by atoms with Crippen molar-refractivity contribution in [3.63, 3.8) is 0 Å². The van der Waals surface area contributed by atoms with Crippen LogP contribution >= 0.6 is 0 Å². The summed E-state index contributed by atoms with van der Waals surface area (Å²) in [5.41, 5.74) is 1.19. The van der Waals surface area contributed by atoms with Crippen LogP contribution in [0, 0.1) is 5.92 Å². The molecule has 0 saturated heterocycles. The van der Waals surface area contributed by atoms with Gasteiger partial charge in [0.2, 0.25) is 0 Å². The van der Waals surface area contributed by atoms with E-state index in [1.54, 1.807) is 0 Å². The Morgan fingerprint density at radius 3 is 2.96 bits per heavy atom. The molecule has 1 fully saturated rings. The third-order valence-corrected chi connectivity index (χ3v) is 4.72. The SMILES string of the molecule is CCNC(=NCC1CCCC1O)NC1CCOc2ccccc21. The lowest BCUT2D eigenvalue weighted by Gasteiger charge is -2.28. The van der Waals surface area contributed by atoms with E-state index in [9.17, 15) is 5.11 Å². The van der Waals surface area contributed by atoms with Crippen LogP contribution in [0.5, 0.6) is 5.75 Å². The van der Waals surface area contributed by atoms with E-state index < -0.39 is 0 Å². The Bertz CT molecular complexity index is 547. The zero-order valence-electron chi connectivity index (χ0n) is 13.8. The molecule has 3 rings (SSSR count). The number of benzene rings is 1. The van der Waals surface area contributed by atoms with Gasteiger partial charge in [0, 0.05) is 31.0 Å². The minimum atomic E-state index is -0.189. The van der Waals surface area contributed by atoms with Gasteiger partial charge in [0.15, 0.2) is 5.96 Å². The van der Waals surface area contributed by atoms with Gasteiger partial charge in [-0.1, -0.05) is 24.6 Å². The maximum absolute atomic E-state index is 9.96. The lowest BCUT2D eigenvalue weighted by molar-refractivity contribution is 0.136. The second kappa shape index (κ2) is 7.68. The van der Waals surface area contributed by atoms with E-state index >= 15 is 0 Å². The number of para-hydroxylation sites is 1. The molecule has 0 amide bonds. The number of hydrogen-bond donors (Lipinski definition) is 3. The number of hydrogen-bond acceptors (Lipinski definition) is 3. The van der Waals surface area contributed by atoms with Crippen LogP contribution < -0.4 is 15.4 Å². The van der Waals surface area contributed by atoms with E-state index in [4.69, 9.17) is 9.73 Å². The molecule has 0 aromatic heterocycles. The summed E-state index contributed by atoms with van der Waals surface area (Å²) in [6.45, 7) is 4.29. The molecule has 1 heterocycles. The number of ether oxygens (including phenoxy) is 1. The molecule has 2 aliphatic rings. The van der Waals surface area contributed by atoms with Gasteiger partial charge < -0.3 is 20.5 Å². The van der Waals surface area contributed by atoms with Crippen LogP contribution in [0.2, 0.25) is 0 Å². The van der Waals surface area contributed by atoms with Crippen LogP contribution in [0.25, 0.3) is 0 Å². The van der Waals surface area contributed by atoms with Gasteiger partial charge in [0.1, 0.15) is 5.75 Å².